The Kier molecular flexibility index (Phi) is 14.5. The van der Waals surface area contributed by atoms with Gasteiger partial charge < -0.3 is 0 Å². The molecule has 0 saturated heterocycles. The Morgan fingerprint density at radius 1 is 0.588 bits per heavy atom. The molecular weight excluding hydrogens is 204 g/mol. The second kappa shape index (κ2) is 15.2. The van der Waals surface area contributed by atoms with E-state index in [9.17, 15) is 0 Å². The molecule has 0 aromatic rings. The van der Waals surface area contributed by atoms with Crippen LogP contribution < -0.4 is 0 Å². The summed E-state index contributed by atoms with van der Waals surface area (Å²) in [4.78, 5) is 0. The van der Waals surface area contributed by atoms with E-state index in [-0.39, 0.29) is 0 Å². The predicted octanol–water partition coefficient (Wildman–Crippen LogP) is 6.21. The lowest BCUT2D eigenvalue weighted by atomic mass is 10.1. The zero-order valence-electron chi connectivity index (χ0n) is 11.8. The Morgan fingerprint density at radius 3 is 2.12 bits per heavy atom. The topological polar surface area (TPSA) is 0 Å². The van der Waals surface area contributed by atoms with Gasteiger partial charge in [-0.05, 0) is 25.7 Å². The summed E-state index contributed by atoms with van der Waals surface area (Å²) in [6.07, 6.45) is 25.0. The van der Waals surface area contributed by atoms with E-state index in [4.69, 9.17) is 0 Å². The number of allylic oxidation sites excluding steroid dienone is 6. The molecule has 0 rings (SSSR count). The summed E-state index contributed by atoms with van der Waals surface area (Å²) in [5, 5.41) is 0. The zero-order chi connectivity index (χ0) is 12.6. The fourth-order valence-corrected chi connectivity index (χ4v) is 1.66. The van der Waals surface area contributed by atoms with Crippen molar-refractivity contribution in [3.63, 3.8) is 0 Å². The number of hydrogen-bond donors (Lipinski definition) is 0. The summed E-state index contributed by atoms with van der Waals surface area (Å²) in [5.41, 5.74) is 0. The third-order valence-electron chi connectivity index (χ3n) is 2.75. The highest BCUT2D eigenvalue weighted by Crippen LogP contribution is 2.05. The van der Waals surface area contributed by atoms with Crippen molar-refractivity contribution in [3.8, 4) is 0 Å². The molecule has 0 bridgehead atoms. The molecule has 0 nitrogen and oxygen atoms in total. The molecule has 0 aliphatic carbocycles. The molecule has 0 heteroatoms. The highest BCUT2D eigenvalue weighted by molar-refractivity contribution is 5.04. The van der Waals surface area contributed by atoms with Crippen LogP contribution in [0.3, 0.4) is 0 Å². The van der Waals surface area contributed by atoms with Gasteiger partial charge in [-0.25, -0.2) is 0 Å². The Hall–Kier alpha value is -0.780. The van der Waals surface area contributed by atoms with Crippen molar-refractivity contribution >= 4 is 0 Å². The van der Waals surface area contributed by atoms with Crippen LogP contribution in [0.25, 0.3) is 0 Å². The van der Waals surface area contributed by atoms with Crippen molar-refractivity contribution in [2.24, 2.45) is 0 Å². The minimum absolute atomic E-state index is 1.07. The smallest absolute Gasteiger partial charge is 0.0166 e. The molecule has 0 amide bonds. The maximum Gasteiger partial charge on any atom is -0.0166 e. The standard InChI is InChI=1S/C17H30/c1-3-5-7-9-11-13-15-17-16-14-12-10-8-6-4-2/h7,9,11,13,16-17H,3-6,8,10,12,14-15H2,1-2H3/b9-7+,13-11-,17-16-. The minimum Gasteiger partial charge on any atom is -0.0882 e. The van der Waals surface area contributed by atoms with Crippen molar-refractivity contribution < 1.29 is 0 Å². The van der Waals surface area contributed by atoms with Gasteiger partial charge in [0.05, 0.1) is 0 Å². The molecule has 0 saturated carbocycles. The van der Waals surface area contributed by atoms with Crippen LogP contribution in [-0.4, -0.2) is 0 Å². The predicted molar refractivity (Wildman–Crippen MR) is 80.3 cm³/mol. The van der Waals surface area contributed by atoms with Gasteiger partial charge in [0, 0.05) is 0 Å². The molecule has 0 N–H and O–H groups in total. The Labute approximate surface area is 109 Å². The number of hydrogen-bond acceptors (Lipinski definition) is 0. The van der Waals surface area contributed by atoms with E-state index in [1.165, 1.54) is 51.4 Å². The van der Waals surface area contributed by atoms with Crippen LogP contribution >= 0.6 is 0 Å². The largest absolute Gasteiger partial charge is 0.0882 e. The van der Waals surface area contributed by atoms with Gasteiger partial charge in [-0.2, -0.15) is 0 Å². The van der Waals surface area contributed by atoms with Crippen molar-refractivity contribution in [3.05, 3.63) is 36.5 Å². The van der Waals surface area contributed by atoms with Crippen LogP contribution in [0.4, 0.5) is 0 Å². The second-order valence-corrected chi connectivity index (χ2v) is 4.55. The Balaban J connectivity index is 3.24. The van der Waals surface area contributed by atoms with Crippen molar-refractivity contribution in [2.75, 3.05) is 0 Å². The lowest BCUT2D eigenvalue weighted by Crippen LogP contribution is -1.75. The molecule has 0 heterocycles. The molecule has 0 aromatic heterocycles. The van der Waals surface area contributed by atoms with Gasteiger partial charge in [0.1, 0.15) is 0 Å². The van der Waals surface area contributed by atoms with Gasteiger partial charge in [0.15, 0.2) is 0 Å². The van der Waals surface area contributed by atoms with E-state index >= 15 is 0 Å². The maximum atomic E-state index is 2.33. The first kappa shape index (κ1) is 16.2. The van der Waals surface area contributed by atoms with Crippen LogP contribution in [-0.2, 0) is 0 Å². The van der Waals surface area contributed by atoms with E-state index in [0.717, 1.165) is 6.42 Å². The Bertz CT molecular complexity index is 208. The molecule has 0 radical (unpaired) electrons. The van der Waals surface area contributed by atoms with Gasteiger partial charge in [0.2, 0.25) is 0 Å². The first-order valence-corrected chi connectivity index (χ1v) is 7.38. The summed E-state index contributed by atoms with van der Waals surface area (Å²) in [6, 6.07) is 0. The molecule has 0 unspecified atom stereocenters. The third kappa shape index (κ3) is 15.2. The maximum absolute atomic E-state index is 2.33. The first-order chi connectivity index (χ1) is 8.41. The average molecular weight is 234 g/mol. The quantitative estimate of drug-likeness (QED) is 0.227. The molecule has 17 heavy (non-hydrogen) atoms. The molecule has 0 aliphatic rings. The molecule has 0 atom stereocenters. The van der Waals surface area contributed by atoms with Gasteiger partial charge in [-0.3, -0.25) is 0 Å². The molecule has 0 fully saturated rings. The van der Waals surface area contributed by atoms with Crippen LogP contribution in [0.15, 0.2) is 36.5 Å². The fraction of sp³-hybridized carbons (Fsp3) is 0.647. The monoisotopic (exact) mass is 234 g/mol. The normalized spacial score (nSPS) is 12.4. The van der Waals surface area contributed by atoms with Gasteiger partial charge in [-0.15, -0.1) is 0 Å². The van der Waals surface area contributed by atoms with E-state index in [1.54, 1.807) is 0 Å². The minimum atomic E-state index is 1.07. The summed E-state index contributed by atoms with van der Waals surface area (Å²) < 4.78 is 0. The number of rotatable bonds is 11. The van der Waals surface area contributed by atoms with Crippen LogP contribution in [0.1, 0.15) is 71.6 Å². The second-order valence-electron chi connectivity index (χ2n) is 4.55. The SMILES string of the molecule is CCC/C=C/C=C\C/C=C\CCCCCCC. The average Bonchev–Trinajstić information content (AvgIpc) is 2.35. The summed E-state index contributed by atoms with van der Waals surface area (Å²) >= 11 is 0. The van der Waals surface area contributed by atoms with Crippen LogP contribution in [0, 0.1) is 0 Å². The first-order valence-electron chi connectivity index (χ1n) is 7.38. The molecule has 0 aromatic carbocycles. The summed E-state index contributed by atoms with van der Waals surface area (Å²) in [7, 11) is 0. The van der Waals surface area contributed by atoms with Crippen molar-refractivity contribution in [2.45, 2.75) is 71.6 Å². The van der Waals surface area contributed by atoms with Crippen LogP contribution in [0.2, 0.25) is 0 Å². The van der Waals surface area contributed by atoms with E-state index < -0.39 is 0 Å². The van der Waals surface area contributed by atoms with E-state index in [1.807, 2.05) is 0 Å². The Morgan fingerprint density at radius 2 is 1.35 bits per heavy atom. The summed E-state index contributed by atoms with van der Waals surface area (Å²) in [5.74, 6) is 0. The van der Waals surface area contributed by atoms with Crippen molar-refractivity contribution in [1.29, 1.82) is 0 Å². The lowest BCUT2D eigenvalue weighted by molar-refractivity contribution is 0.637. The fourth-order valence-electron chi connectivity index (χ4n) is 1.66. The van der Waals surface area contributed by atoms with Gasteiger partial charge in [0.25, 0.3) is 0 Å². The molecular formula is C17H30. The van der Waals surface area contributed by atoms with Crippen molar-refractivity contribution in [1.82, 2.24) is 0 Å². The van der Waals surface area contributed by atoms with E-state index in [0.29, 0.717) is 0 Å². The van der Waals surface area contributed by atoms with Gasteiger partial charge in [-0.1, -0.05) is 82.4 Å². The highest BCUT2D eigenvalue weighted by atomic mass is 13.9. The molecule has 0 aliphatic heterocycles. The zero-order valence-corrected chi connectivity index (χ0v) is 11.8. The third-order valence-corrected chi connectivity index (χ3v) is 2.75. The summed E-state index contributed by atoms with van der Waals surface area (Å²) in [6.45, 7) is 4.47. The number of unbranched alkanes of at least 4 members (excludes halogenated alkanes) is 6. The van der Waals surface area contributed by atoms with Gasteiger partial charge >= 0.3 is 0 Å². The molecule has 0 spiro atoms. The van der Waals surface area contributed by atoms with E-state index in [2.05, 4.69) is 50.3 Å². The van der Waals surface area contributed by atoms with Crippen LogP contribution in [0.5, 0.6) is 0 Å². The lowest BCUT2D eigenvalue weighted by Gasteiger charge is -1.95. The highest BCUT2D eigenvalue weighted by Gasteiger charge is 1.85. The molecule has 98 valence electrons.